The molecule has 2 aromatic carbocycles. The monoisotopic (exact) mass is 295 g/mol. The maximum atomic E-state index is 11.8. The summed E-state index contributed by atoms with van der Waals surface area (Å²) in [6.45, 7) is 5.81. The van der Waals surface area contributed by atoms with Crippen molar-refractivity contribution in [2.75, 3.05) is 5.32 Å². The molecule has 3 nitrogen and oxygen atoms in total. The molecule has 3 heteroatoms. The molecule has 0 heterocycles. The van der Waals surface area contributed by atoms with Crippen LogP contribution in [0.5, 0.6) is 5.75 Å². The fraction of sp³-hybridized carbons (Fsp3) is 0.211. The first kappa shape index (κ1) is 15.8. The zero-order valence-electron chi connectivity index (χ0n) is 13.2. The number of nitrogens with one attached hydrogen (secondary N) is 1. The second-order valence-electron chi connectivity index (χ2n) is 5.20. The second kappa shape index (κ2) is 7.46. The number of amides is 1. The van der Waals surface area contributed by atoms with E-state index in [1.165, 1.54) is 6.08 Å². The minimum atomic E-state index is -0.141. The smallest absolute Gasteiger partial charge is 0.248 e. The van der Waals surface area contributed by atoms with Gasteiger partial charge in [0.25, 0.3) is 0 Å². The van der Waals surface area contributed by atoms with Crippen LogP contribution in [0.1, 0.15) is 20.8 Å². The highest BCUT2D eigenvalue weighted by atomic mass is 16.5. The second-order valence-corrected chi connectivity index (χ2v) is 5.20. The normalized spacial score (nSPS) is 10.9. The maximum absolute atomic E-state index is 11.8. The average molecular weight is 295 g/mol. The lowest BCUT2D eigenvalue weighted by Gasteiger charge is -2.16. The van der Waals surface area contributed by atoms with Crippen molar-refractivity contribution in [2.24, 2.45) is 0 Å². The van der Waals surface area contributed by atoms with Gasteiger partial charge in [-0.3, -0.25) is 4.79 Å². The third-order valence-corrected chi connectivity index (χ3v) is 3.04. The van der Waals surface area contributed by atoms with Gasteiger partial charge < -0.3 is 10.1 Å². The summed E-state index contributed by atoms with van der Waals surface area (Å²) in [4.78, 5) is 11.8. The van der Waals surface area contributed by atoms with E-state index in [1.54, 1.807) is 6.08 Å². The Bertz CT molecular complexity index is 675. The van der Waals surface area contributed by atoms with Crippen LogP contribution in [0.4, 0.5) is 5.69 Å². The van der Waals surface area contributed by atoms with E-state index in [4.69, 9.17) is 4.74 Å². The van der Waals surface area contributed by atoms with Crippen molar-refractivity contribution in [2.45, 2.75) is 26.9 Å². The first-order valence-corrected chi connectivity index (χ1v) is 7.40. The van der Waals surface area contributed by atoms with Crippen molar-refractivity contribution in [1.82, 2.24) is 0 Å². The predicted molar refractivity (Wildman–Crippen MR) is 91.1 cm³/mol. The van der Waals surface area contributed by atoms with Gasteiger partial charge in [0.2, 0.25) is 5.91 Å². The molecular weight excluding hydrogens is 274 g/mol. The van der Waals surface area contributed by atoms with Crippen molar-refractivity contribution in [3.05, 3.63) is 60.7 Å². The van der Waals surface area contributed by atoms with Crippen LogP contribution in [0.15, 0.2) is 60.7 Å². The van der Waals surface area contributed by atoms with Crippen molar-refractivity contribution >= 4 is 11.6 Å². The molecular formula is C19H21NO2. The number of ether oxygens (including phenoxy) is 1. The lowest BCUT2D eigenvalue weighted by molar-refractivity contribution is -0.111. The molecule has 0 saturated heterocycles. The standard InChI is InChI=1S/C19H21NO2/c1-4-9-19(21)20-17-12-7-5-10-15(17)16-11-6-8-13-18(16)22-14(2)3/h4-14H,1-3H3,(H,20,21). The SMILES string of the molecule is CC=CC(=O)Nc1ccccc1-c1ccccc1OC(C)C. The Morgan fingerprint density at radius 1 is 1.05 bits per heavy atom. The Hall–Kier alpha value is -2.55. The van der Waals surface area contributed by atoms with Crippen LogP contribution in [0.2, 0.25) is 0 Å². The van der Waals surface area contributed by atoms with Gasteiger partial charge in [-0.25, -0.2) is 0 Å². The summed E-state index contributed by atoms with van der Waals surface area (Å²) in [6, 6.07) is 15.6. The van der Waals surface area contributed by atoms with Crippen LogP contribution in [-0.2, 0) is 4.79 Å². The molecule has 0 aliphatic carbocycles. The summed E-state index contributed by atoms with van der Waals surface area (Å²) in [5.74, 6) is 0.669. The van der Waals surface area contributed by atoms with Crippen molar-refractivity contribution in [3.8, 4) is 16.9 Å². The van der Waals surface area contributed by atoms with E-state index in [0.29, 0.717) is 0 Å². The molecule has 1 amide bonds. The molecule has 0 bridgehead atoms. The lowest BCUT2D eigenvalue weighted by Crippen LogP contribution is -2.09. The Kier molecular flexibility index (Phi) is 5.37. The van der Waals surface area contributed by atoms with Gasteiger partial charge in [0.05, 0.1) is 6.10 Å². The number of carbonyl (C=O) groups excluding carboxylic acids is 1. The predicted octanol–water partition coefficient (Wildman–Crippen LogP) is 4.66. The first-order valence-electron chi connectivity index (χ1n) is 7.40. The van der Waals surface area contributed by atoms with E-state index in [0.717, 1.165) is 22.6 Å². The van der Waals surface area contributed by atoms with E-state index in [1.807, 2.05) is 69.3 Å². The van der Waals surface area contributed by atoms with Crippen LogP contribution in [0.3, 0.4) is 0 Å². The molecule has 0 unspecified atom stereocenters. The molecule has 0 fully saturated rings. The number of carbonyl (C=O) groups is 1. The minimum absolute atomic E-state index is 0.0888. The van der Waals surface area contributed by atoms with E-state index in [-0.39, 0.29) is 12.0 Å². The summed E-state index contributed by atoms with van der Waals surface area (Å²) in [6.07, 6.45) is 3.31. The Morgan fingerprint density at radius 3 is 2.36 bits per heavy atom. The van der Waals surface area contributed by atoms with Crippen molar-refractivity contribution < 1.29 is 9.53 Å². The molecule has 0 spiro atoms. The van der Waals surface area contributed by atoms with Gasteiger partial charge in [-0.05, 0) is 39.0 Å². The highest BCUT2D eigenvalue weighted by Gasteiger charge is 2.12. The molecule has 0 aliphatic heterocycles. The topological polar surface area (TPSA) is 38.3 Å². The number of allylic oxidation sites excluding steroid dienone is 1. The summed E-state index contributed by atoms with van der Waals surface area (Å²) < 4.78 is 5.88. The third-order valence-electron chi connectivity index (χ3n) is 3.04. The number of rotatable bonds is 5. The Balaban J connectivity index is 2.43. The quantitative estimate of drug-likeness (QED) is 0.815. The first-order chi connectivity index (χ1) is 10.6. The molecule has 114 valence electrons. The van der Waals surface area contributed by atoms with E-state index < -0.39 is 0 Å². The van der Waals surface area contributed by atoms with Crippen LogP contribution >= 0.6 is 0 Å². The van der Waals surface area contributed by atoms with Crippen molar-refractivity contribution in [3.63, 3.8) is 0 Å². The Labute approximate surface area is 131 Å². The van der Waals surface area contributed by atoms with Crippen LogP contribution in [-0.4, -0.2) is 12.0 Å². The number of para-hydroxylation sites is 2. The van der Waals surface area contributed by atoms with Gasteiger partial charge in [-0.1, -0.05) is 42.5 Å². The number of anilines is 1. The van der Waals surface area contributed by atoms with Gasteiger partial charge in [0, 0.05) is 16.8 Å². The average Bonchev–Trinajstić information content (AvgIpc) is 2.48. The van der Waals surface area contributed by atoms with Gasteiger partial charge in [0.1, 0.15) is 5.75 Å². The molecule has 2 aromatic rings. The summed E-state index contributed by atoms with van der Waals surface area (Å²) in [5, 5.41) is 2.91. The van der Waals surface area contributed by atoms with E-state index >= 15 is 0 Å². The fourth-order valence-corrected chi connectivity index (χ4v) is 2.20. The third kappa shape index (κ3) is 3.98. The number of hydrogen-bond donors (Lipinski definition) is 1. The molecule has 0 atom stereocenters. The minimum Gasteiger partial charge on any atom is -0.490 e. The molecule has 0 aromatic heterocycles. The molecule has 0 saturated carbocycles. The summed E-state index contributed by atoms with van der Waals surface area (Å²) in [5.41, 5.74) is 2.68. The summed E-state index contributed by atoms with van der Waals surface area (Å²) >= 11 is 0. The van der Waals surface area contributed by atoms with E-state index in [9.17, 15) is 4.79 Å². The molecule has 22 heavy (non-hydrogen) atoms. The molecule has 0 radical (unpaired) electrons. The lowest BCUT2D eigenvalue weighted by atomic mass is 10.0. The van der Waals surface area contributed by atoms with E-state index in [2.05, 4.69) is 5.32 Å². The van der Waals surface area contributed by atoms with Gasteiger partial charge in [-0.2, -0.15) is 0 Å². The number of hydrogen-bond acceptors (Lipinski definition) is 2. The van der Waals surface area contributed by atoms with Crippen LogP contribution in [0, 0.1) is 0 Å². The van der Waals surface area contributed by atoms with Crippen LogP contribution < -0.4 is 10.1 Å². The molecule has 2 rings (SSSR count). The van der Waals surface area contributed by atoms with Gasteiger partial charge >= 0.3 is 0 Å². The van der Waals surface area contributed by atoms with Gasteiger partial charge in [0.15, 0.2) is 0 Å². The Morgan fingerprint density at radius 2 is 1.68 bits per heavy atom. The summed E-state index contributed by atoms with van der Waals surface area (Å²) in [7, 11) is 0. The zero-order chi connectivity index (χ0) is 15.9. The van der Waals surface area contributed by atoms with Crippen molar-refractivity contribution in [1.29, 1.82) is 0 Å². The fourth-order valence-electron chi connectivity index (χ4n) is 2.20. The van der Waals surface area contributed by atoms with Gasteiger partial charge in [-0.15, -0.1) is 0 Å². The largest absolute Gasteiger partial charge is 0.490 e. The zero-order valence-corrected chi connectivity index (χ0v) is 13.2. The number of benzene rings is 2. The molecule has 1 N–H and O–H groups in total. The highest BCUT2D eigenvalue weighted by Crippen LogP contribution is 2.35. The van der Waals surface area contributed by atoms with Crippen LogP contribution in [0.25, 0.3) is 11.1 Å². The maximum Gasteiger partial charge on any atom is 0.248 e. The molecule has 0 aliphatic rings. The highest BCUT2D eigenvalue weighted by molar-refractivity contribution is 6.02.